The Bertz CT molecular complexity index is 2760. The van der Waals surface area contributed by atoms with Crippen LogP contribution in [-0.2, 0) is 0 Å². The minimum atomic E-state index is 0.910. The topological polar surface area (TPSA) is 38.9 Å². The van der Waals surface area contributed by atoms with Crippen molar-refractivity contribution in [2.45, 2.75) is 0 Å². The van der Waals surface area contributed by atoms with Crippen molar-refractivity contribution in [1.29, 1.82) is 0 Å². The summed E-state index contributed by atoms with van der Waals surface area (Å²) in [7, 11) is 0. The van der Waals surface area contributed by atoms with Crippen molar-refractivity contribution in [1.82, 2.24) is 9.97 Å². The lowest BCUT2D eigenvalue weighted by atomic mass is 9.85. The van der Waals surface area contributed by atoms with Crippen molar-refractivity contribution in [2.24, 2.45) is 0 Å². The Balaban J connectivity index is 1.21. The van der Waals surface area contributed by atoms with Gasteiger partial charge in [0.1, 0.15) is 17.5 Å². The maximum atomic E-state index is 6.44. The quantitative estimate of drug-likeness (QED) is 0.189. The van der Waals surface area contributed by atoms with Gasteiger partial charge in [-0.2, -0.15) is 0 Å². The lowest BCUT2D eigenvalue weighted by molar-refractivity contribution is 0.670. The molecule has 0 aliphatic carbocycles. The van der Waals surface area contributed by atoms with Gasteiger partial charge in [0.25, 0.3) is 0 Å². The Morgan fingerprint density at radius 2 is 1.02 bits per heavy atom. The predicted molar refractivity (Wildman–Crippen MR) is 195 cm³/mol. The zero-order valence-electron chi connectivity index (χ0n) is 25.3. The molecule has 0 N–H and O–H groups in total. The van der Waals surface area contributed by atoms with Gasteiger partial charge in [-0.3, -0.25) is 0 Å². The monoisotopic (exact) mass is 598 g/mol. The van der Waals surface area contributed by atoms with Crippen molar-refractivity contribution in [3.05, 3.63) is 158 Å². The molecule has 0 amide bonds. The van der Waals surface area contributed by atoms with E-state index in [1.54, 1.807) is 6.33 Å². The predicted octanol–water partition coefficient (Wildman–Crippen LogP) is 11.9. The molecule has 0 aliphatic rings. The number of fused-ring (bicyclic) bond motifs is 3. The van der Waals surface area contributed by atoms with Crippen molar-refractivity contribution >= 4 is 54.3 Å². The zero-order chi connectivity index (χ0) is 30.9. The third kappa shape index (κ3) is 4.00. The van der Waals surface area contributed by atoms with Crippen molar-refractivity contribution in [3.8, 4) is 44.5 Å². The molecule has 3 nitrogen and oxygen atoms in total. The summed E-state index contributed by atoms with van der Waals surface area (Å²) in [6.45, 7) is 0. The Hall–Kier alpha value is -6.32. The third-order valence-electron chi connectivity index (χ3n) is 9.62. The van der Waals surface area contributed by atoms with Gasteiger partial charge < -0.3 is 4.42 Å². The molecule has 2 heterocycles. The highest BCUT2D eigenvalue weighted by atomic mass is 16.3. The lowest BCUT2D eigenvalue weighted by Crippen LogP contribution is -1.91. The van der Waals surface area contributed by atoms with Gasteiger partial charge in [0.15, 0.2) is 0 Å². The second-order valence-corrected chi connectivity index (χ2v) is 12.2. The second-order valence-electron chi connectivity index (χ2n) is 12.2. The van der Waals surface area contributed by atoms with Crippen molar-refractivity contribution < 1.29 is 4.42 Å². The normalized spacial score (nSPS) is 11.8. The van der Waals surface area contributed by atoms with Gasteiger partial charge >= 0.3 is 0 Å². The fourth-order valence-corrected chi connectivity index (χ4v) is 7.43. The van der Waals surface area contributed by atoms with Crippen molar-refractivity contribution in [2.75, 3.05) is 0 Å². The Morgan fingerprint density at radius 3 is 1.81 bits per heavy atom. The third-order valence-corrected chi connectivity index (χ3v) is 9.62. The Kier molecular flexibility index (Phi) is 5.57. The average Bonchev–Trinajstić information content (AvgIpc) is 3.53. The molecule has 0 unspecified atom stereocenters. The summed E-state index contributed by atoms with van der Waals surface area (Å²) in [5.41, 5.74) is 10.9. The van der Waals surface area contributed by atoms with Crippen LogP contribution in [0.3, 0.4) is 0 Å². The van der Waals surface area contributed by atoms with E-state index in [4.69, 9.17) is 4.42 Å². The van der Waals surface area contributed by atoms with Crippen LogP contribution in [0.1, 0.15) is 0 Å². The van der Waals surface area contributed by atoms with E-state index in [0.717, 1.165) is 44.2 Å². The van der Waals surface area contributed by atoms with E-state index in [1.807, 2.05) is 24.5 Å². The van der Waals surface area contributed by atoms with Gasteiger partial charge in [-0.05, 0) is 83.9 Å². The van der Waals surface area contributed by atoms with E-state index in [2.05, 4.69) is 137 Å². The second kappa shape index (κ2) is 10.1. The van der Waals surface area contributed by atoms with Crippen LogP contribution in [0.15, 0.2) is 163 Å². The van der Waals surface area contributed by atoms with Gasteiger partial charge in [-0.1, -0.05) is 121 Å². The van der Waals surface area contributed by atoms with E-state index < -0.39 is 0 Å². The summed E-state index contributed by atoms with van der Waals surface area (Å²) in [5, 5.41) is 9.92. The molecule has 218 valence electrons. The number of nitrogens with zero attached hydrogens (tertiary/aromatic N) is 2. The maximum absolute atomic E-state index is 6.44. The van der Waals surface area contributed by atoms with E-state index in [1.165, 1.54) is 54.6 Å². The van der Waals surface area contributed by atoms with Gasteiger partial charge in [0.05, 0.1) is 0 Å². The number of aromatic nitrogens is 2. The Labute approximate surface area is 270 Å². The molecule has 0 spiro atoms. The summed E-state index contributed by atoms with van der Waals surface area (Å²) < 4.78 is 6.44. The van der Waals surface area contributed by atoms with Crippen LogP contribution in [0.2, 0.25) is 0 Å². The molecule has 2 aromatic heterocycles. The molecule has 0 radical (unpaired) electrons. The smallest absolute Gasteiger partial charge is 0.143 e. The summed E-state index contributed by atoms with van der Waals surface area (Å²) in [4.78, 5) is 8.43. The minimum Gasteiger partial charge on any atom is -0.455 e. The molecule has 0 saturated carbocycles. The number of para-hydroxylation sites is 2. The highest BCUT2D eigenvalue weighted by Crippen LogP contribution is 2.45. The molecule has 0 saturated heterocycles. The highest BCUT2D eigenvalue weighted by molar-refractivity contribution is 6.28. The molecule has 0 fully saturated rings. The first-order chi connectivity index (χ1) is 23.3. The first-order valence-corrected chi connectivity index (χ1v) is 15.9. The number of furan rings is 1. The van der Waals surface area contributed by atoms with Crippen LogP contribution < -0.4 is 0 Å². The zero-order valence-corrected chi connectivity index (χ0v) is 25.3. The molecule has 0 aliphatic heterocycles. The van der Waals surface area contributed by atoms with Crippen LogP contribution >= 0.6 is 0 Å². The Morgan fingerprint density at radius 1 is 0.383 bits per heavy atom. The number of rotatable bonds is 4. The van der Waals surface area contributed by atoms with E-state index in [0.29, 0.717) is 0 Å². The van der Waals surface area contributed by atoms with Gasteiger partial charge in [-0.25, -0.2) is 9.97 Å². The van der Waals surface area contributed by atoms with Gasteiger partial charge in [0.2, 0.25) is 0 Å². The maximum Gasteiger partial charge on any atom is 0.143 e. The standard InChI is InChI=1S/C44H26N2O/c1-2-13-41-35(10-1)38-12-5-11-34(44(38)47-41)31-8-4-9-32(22-31)40-23-39(28-16-14-27(15-17-28)33-24-45-26-46-25-33)36-20-18-29-6-3-7-30-19-21-37(40)43(36)42(29)30/h1-26H. The van der Waals surface area contributed by atoms with E-state index >= 15 is 0 Å². The van der Waals surface area contributed by atoms with Crippen LogP contribution in [0.5, 0.6) is 0 Å². The molecule has 10 aromatic rings. The fourth-order valence-electron chi connectivity index (χ4n) is 7.43. The molecule has 0 bridgehead atoms. The molecule has 8 aromatic carbocycles. The first kappa shape index (κ1) is 26.0. The summed E-state index contributed by atoms with van der Waals surface area (Å²) in [5.74, 6) is 0. The van der Waals surface area contributed by atoms with Crippen molar-refractivity contribution in [3.63, 3.8) is 0 Å². The first-order valence-electron chi connectivity index (χ1n) is 15.9. The highest BCUT2D eigenvalue weighted by Gasteiger charge is 2.18. The molecule has 3 heteroatoms. The molecule has 0 atom stereocenters. The largest absolute Gasteiger partial charge is 0.455 e. The van der Waals surface area contributed by atoms with Crippen LogP contribution in [0.4, 0.5) is 0 Å². The van der Waals surface area contributed by atoms with Crippen LogP contribution in [0, 0.1) is 0 Å². The molecule has 10 rings (SSSR count). The summed E-state index contributed by atoms with van der Waals surface area (Å²) >= 11 is 0. The van der Waals surface area contributed by atoms with Gasteiger partial charge in [0, 0.05) is 34.3 Å². The van der Waals surface area contributed by atoms with E-state index in [-0.39, 0.29) is 0 Å². The average molecular weight is 599 g/mol. The van der Waals surface area contributed by atoms with E-state index in [9.17, 15) is 0 Å². The fraction of sp³-hybridized carbons (Fsp3) is 0. The van der Waals surface area contributed by atoms with Gasteiger partial charge in [-0.15, -0.1) is 0 Å². The SMILES string of the molecule is c1cc(-c2cc(-c3ccc(-c4cncnc4)cc3)c3ccc4cccc5ccc2c3c45)cc(-c2cccc3c2oc2ccccc23)c1. The number of benzene rings is 8. The summed E-state index contributed by atoms with van der Waals surface area (Å²) in [6.07, 6.45) is 5.28. The number of hydrogen-bond acceptors (Lipinski definition) is 3. The van der Waals surface area contributed by atoms with Crippen LogP contribution in [-0.4, -0.2) is 9.97 Å². The minimum absolute atomic E-state index is 0.910. The number of hydrogen-bond donors (Lipinski definition) is 0. The molecular weight excluding hydrogens is 572 g/mol. The lowest BCUT2D eigenvalue weighted by Gasteiger charge is -2.18. The van der Waals surface area contributed by atoms with Crippen LogP contribution in [0.25, 0.3) is 98.8 Å². The summed E-state index contributed by atoms with van der Waals surface area (Å²) in [6, 6.07) is 50.5. The molecular formula is C44H26N2O. The molecule has 47 heavy (non-hydrogen) atoms.